The van der Waals surface area contributed by atoms with Gasteiger partial charge in [0, 0.05) is 24.5 Å². The number of aromatic amines is 1. The molecule has 1 unspecified atom stereocenters. The first-order valence-corrected chi connectivity index (χ1v) is 7.27. The number of rotatable bonds is 3. The lowest BCUT2D eigenvalue weighted by Gasteiger charge is -2.45. The Morgan fingerprint density at radius 3 is 3.00 bits per heavy atom. The van der Waals surface area contributed by atoms with E-state index in [9.17, 15) is 0 Å². The largest absolute Gasteiger partial charge is 0.308 e. The zero-order valence-corrected chi connectivity index (χ0v) is 11.1. The number of aromatic nitrogens is 2. The highest BCUT2D eigenvalue weighted by Gasteiger charge is 2.33. The maximum atomic E-state index is 4.13. The molecule has 4 heterocycles. The quantitative estimate of drug-likeness (QED) is 0.879. The van der Waals surface area contributed by atoms with E-state index in [2.05, 4.69) is 38.6 Å². The molecule has 2 aromatic rings. The van der Waals surface area contributed by atoms with Gasteiger partial charge < -0.3 is 10.2 Å². The first kappa shape index (κ1) is 11.4. The molecule has 3 fully saturated rings. The number of fused-ring (bicyclic) bond motifs is 4. The van der Waals surface area contributed by atoms with Crippen LogP contribution in [0.25, 0.3) is 10.9 Å². The van der Waals surface area contributed by atoms with E-state index in [-0.39, 0.29) is 0 Å². The first-order valence-electron chi connectivity index (χ1n) is 7.27. The Bertz CT molecular complexity index is 568. The molecule has 1 aromatic carbocycles. The second kappa shape index (κ2) is 4.62. The summed E-state index contributed by atoms with van der Waals surface area (Å²) in [5, 5.41) is 12.2. The molecule has 3 saturated heterocycles. The summed E-state index contributed by atoms with van der Waals surface area (Å²) in [7, 11) is 0. The molecule has 5 rings (SSSR count). The van der Waals surface area contributed by atoms with Gasteiger partial charge in [0.25, 0.3) is 0 Å². The van der Waals surface area contributed by atoms with Crippen molar-refractivity contribution in [2.45, 2.75) is 25.4 Å². The second-order valence-corrected chi connectivity index (χ2v) is 5.88. The molecule has 0 amide bonds. The zero-order chi connectivity index (χ0) is 12.7. The Labute approximate surface area is 113 Å². The molecule has 3 aliphatic rings. The fourth-order valence-corrected chi connectivity index (χ4v) is 3.62. The maximum absolute atomic E-state index is 4.13. The highest BCUT2D eigenvalue weighted by atomic mass is 15.2. The van der Waals surface area contributed by atoms with Crippen molar-refractivity contribution in [2.24, 2.45) is 5.92 Å². The Hall–Kier alpha value is -1.39. The number of para-hydroxylation sites is 1. The predicted octanol–water partition coefficient (Wildman–Crippen LogP) is 1.75. The summed E-state index contributed by atoms with van der Waals surface area (Å²) in [6, 6.07) is 7.08. The Balaban J connectivity index is 1.49. The van der Waals surface area contributed by atoms with Crippen LogP contribution in [0.5, 0.6) is 0 Å². The van der Waals surface area contributed by atoms with Crippen molar-refractivity contribution >= 4 is 10.9 Å². The number of nitrogens with zero attached hydrogens (tertiary/aromatic N) is 2. The Morgan fingerprint density at radius 1 is 1.32 bits per heavy atom. The molecule has 0 saturated carbocycles. The fraction of sp³-hybridized carbons (Fsp3) is 0.533. The molecule has 100 valence electrons. The molecule has 2 bridgehead atoms. The van der Waals surface area contributed by atoms with Gasteiger partial charge in [-0.2, -0.15) is 5.10 Å². The van der Waals surface area contributed by atoms with Gasteiger partial charge in [-0.3, -0.25) is 5.10 Å². The third-order valence-corrected chi connectivity index (χ3v) is 4.77. The Kier molecular flexibility index (Phi) is 2.78. The van der Waals surface area contributed by atoms with Crippen LogP contribution in [0, 0.1) is 5.92 Å². The topological polar surface area (TPSA) is 44.0 Å². The van der Waals surface area contributed by atoms with Crippen molar-refractivity contribution in [1.82, 2.24) is 20.4 Å². The normalized spacial score (nSPS) is 30.0. The van der Waals surface area contributed by atoms with Gasteiger partial charge in [-0.05, 0) is 37.4 Å². The lowest BCUT2D eigenvalue weighted by Crippen LogP contribution is -2.55. The summed E-state index contributed by atoms with van der Waals surface area (Å²) in [6.07, 6.45) is 4.63. The number of nitrogens with one attached hydrogen (secondary N) is 2. The van der Waals surface area contributed by atoms with Gasteiger partial charge >= 0.3 is 0 Å². The lowest BCUT2D eigenvalue weighted by molar-refractivity contribution is 0.0720. The minimum atomic E-state index is 0.667. The molecule has 19 heavy (non-hydrogen) atoms. The van der Waals surface area contributed by atoms with Crippen molar-refractivity contribution in [3.05, 3.63) is 30.0 Å². The molecule has 1 aromatic heterocycles. The number of hydrogen-bond donors (Lipinski definition) is 2. The van der Waals surface area contributed by atoms with Crippen molar-refractivity contribution in [3.63, 3.8) is 0 Å². The monoisotopic (exact) mass is 256 g/mol. The van der Waals surface area contributed by atoms with E-state index in [0.717, 1.165) is 12.5 Å². The van der Waals surface area contributed by atoms with Crippen LogP contribution in [0.2, 0.25) is 0 Å². The van der Waals surface area contributed by atoms with E-state index in [4.69, 9.17) is 0 Å². The molecule has 1 atom stereocenters. The van der Waals surface area contributed by atoms with E-state index >= 15 is 0 Å². The summed E-state index contributed by atoms with van der Waals surface area (Å²) in [6.45, 7) is 4.77. The maximum Gasteiger partial charge on any atom is 0.0695 e. The summed E-state index contributed by atoms with van der Waals surface area (Å²) in [4.78, 5) is 2.59. The van der Waals surface area contributed by atoms with E-state index < -0.39 is 0 Å². The highest BCUT2D eigenvalue weighted by molar-refractivity contribution is 5.81. The van der Waals surface area contributed by atoms with E-state index in [0.29, 0.717) is 6.04 Å². The van der Waals surface area contributed by atoms with Crippen LogP contribution in [0.3, 0.4) is 0 Å². The molecular weight excluding hydrogens is 236 g/mol. The zero-order valence-electron chi connectivity index (χ0n) is 11.1. The SMILES string of the molecule is c1cc(CNC2CN3CCC2CC3)c2[nH]ncc2c1. The van der Waals surface area contributed by atoms with Crippen LogP contribution in [0.15, 0.2) is 24.4 Å². The second-order valence-electron chi connectivity index (χ2n) is 5.88. The summed E-state index contributed by atoms with van der Waals surface area (Å²) in [5.41, 5.74) is 2.50. The van der Waals surface area contributed by atoms with Gasteiger partial charge in [-0.1, -0.05) is 18.2 Å². The molecule has 2 N–H and O–H groups in total. The molecule has 0 aliphatic carbocycles. The van der Waals surface area contributed by atoms with E-state index in [1.54, 1.807) is 0 Å². The van der Waals surface area contributed by atoms with Gasteiger partial charge in [0.15, 0.2) is 0 Å². The third kappa shape index (κ3) is 2.05. The van der Waals surface area contributed by atoms with Gasteiger partial charge in [0.2, 0.25) is 0 Å². The average molecular weight is 256 g/mol. The molecule has 0 radical (unpaired) electrons. The summed E-state index contributed by atoms with van der Waals surface area (Å²) in [5.74, 6) is 0.881. The predicted molar refractivity (Wildman–Crippen MR) is 75.9 cm³/mol. The van der Waals surface area contributed by atoms with Crippen LogP contribution < -0.4 is 5.32 Å². The molecule has 4 heteroatoms. The lowest BCUT2D eigenvalue weighted by atomic mass is 9.84. The van der Waals surface area contributed by atoms with Crippen molar-refractivity contribution < 1.29 is 0 Å². The number of benzene rings is 1. The smallest absolute Gasteiger partial charge is 0.0695 e. The first-order chi connectivity index (χ1) is 9.40. The molecule has 4 nitrogen and oxygen atoms in total. The van der Waals surface area contributed by atoms with E-state index in [1.165, 1.54) is 48.9 Å². The average Bonchev–Trinajstić information content (AvgIpc) is 2.95. The standard InChI is InChI=1S/C15H20N4/c1-2-12(15-13(3-1)9-17-18-15)8-16-14-10-19-6-4-11(14)5-7-19/h1-3,9,11,14,16H,4-8,10H2,(H,17,18). The highest BCUT2D eigenvalue weighted by Crippen LogP contribution is 2.27. The molecule has 0 spiro atoms. The number of H-pyrrole nitrogens is 1. The summed E-state index contributed by atoms with van der Waals surface area (Å²) >= 11 is 0. The van der Waals surface area contributed by atoms with Gasteiger partial charge in [-0.25, -0.2) is 0 Å². The number of hydrogen-bond acceptors (Lipinski definition) is 3. The van der Waals surface area contributed by atoms with Crippen molar-refractivity contribution in [2.75, 3.05) is 19.6 Å². The van der Waals surface area contributed by atoms with Gasteiger partial charge in [0.05, 0.1) is 11.7 Å². The van der Waals surface area contributed by atoms with Crippen molar-refractivity contribution in [3.8, 4) is 0 Å². The molecular formula is C15H20N4. The van der Waals surface area contributed by atoms with Crippen LogP contribution in [0.4, 0.5) is 0 Å². The van der Waals surface area contributed by atoms with Gasteiger partial charge in [0.1, 0.15) is 0 Å². The minimum Gasteiger partial charge on any atom is -0.308 e. The third-order valence-electron chi connectivity index (χ3n) is 4.77. The molecule has 3 aliphatic heterocycles. The fourth-order valence-electron chi connectivity index (χ4n) is 3.62. The Morgan fingerprint density at radius 2 is 2.21 bits per heavy atom. The van der Waals surface area contributed by atoms with Gasteiger partial charge in [-0.15, -0.1) is 0 Å². The minimum absolute atomic E-state index is 0.667. The van der Waals surface area contributed by atoms with Crippen molar-refractivity contribution in [1.29, 1.82) is 0 Å². The van der Waals surface area contributed by atoms with Crippen LogP contribution >= 0.6 is 0 Å². The van der Waals surface area contributed by atoms with Crippen LogP contribution in [0.1, 0.15) is 18.4 Å². The van der Waals surface area contributed by atoms with Crippen LogP contribution in [-0.4, -0.2) is 40.8 Å². The number of piperidine rings is 3. The van der Waals surface area contributed by atoms with E-state index in [1.807, 2.05) is 6.20 Å². The summed E-state index contributed by atoms with van der Waals surface area (Å²) < 4.78 is 0. The van der Waals surface area contributed by atoms with Crippen LogP contribution in [-0.2, 0) is 6.54 Å².